The molecular formula is C9H9NO2. The first-order valence-corrected chi connectivity index (χ1v) is 3.47. The standard InChI is InChI=1S/C9H9NO2/c1-3-7-4-6(2)10-5-8(7)9(11)12/h3-5H,1H2,2H3,(H,11,12). The van der Waals surface area contributed by atoms with Gasteiger partial charge in [-0.05, 0) is 18.6 Å². The number of hydrogen-bond acceptors (Lipinski definition) is 2. The molecule has 1 aromatic rings. The fourth-order valence-electron chi connectivity index (χ4n) is 0.929. The van der Waals surface area contributed by atoms with Crippen LogP contribution in [0.4, 0.5) is 0 Å². The summed E-state index contributed by atoms with van der Waals surface area (Å²) in [5.74, 6) is -0.975. The third kappa shape index (κ3) is 1.50. The average molecular weight is 163 g/mol. The van der Waals surface area contributed by atoms with Crippen LogP contribution in [0.15, 0.2) is 18.8 Å². The fourth-order valence-corrected chi connectivity index (χ4v) is 0.929. The number of hydrogen-bond donors (Lipinski definition) is 1. The van der Waals surface area contributed by atoms with Crippen LogP contribution in [-0.2, 0) is 0 Å². The number of carboxylic acids is 1. The summed E-state index contributed by atoms with van der Waals surface area (Å²) in [6.45, 7) is 5.33. The molecule has 3 heteroatoms. The van der Waals surface area contributed by atoms with Crippen molar-refractivity contribution in [2.45, 2.75) is 6.92 Å². The van der Waals surface area contributed by atoms with Gasteiger partial charge in [-0.25, -0.2) is 4.79 Å². The SMILES string of the molecule is C=Cc1cc(C)ncc1C(=O)O. The maximum Gasteiger partial charge on any atom is 0.337 e. The molecule has 0 aliphatic heterocycles. The quantitative estimate of drug-likeness (QED) is 0.722. The van der Waals surface area contributed by atoms with Crippen molar-refractivity contribution in [3.05, 3.63) is 35.7 Å². The van der Waals surface area contributed by atoms with Crippen LogP contribution in [-0.4, -0.2) is 16.1 Å². The molecule has 0 saturated heterocycles. The Labute approximate surface area is 70.4 Å². The largest absolute Gasteiger partial charge is 0.478 e. The van der Waals surface area contributed by atoms with E-state index in [1.54, 1.807) is 13.0 Å². The van der Waals surface area contributed by atoms with Gasteiger partial charge in [-0.2, -0.15) is 0 Å². The molecule has 3 nitrogen and oxygen atoms in total. The molecule has 0 aliphatic carbocycles. The van der Waals surface area contributed by atoms with E-state index in [4.69, 9.17) is 5.11 Å². The van der Waals surface area contributed by atoms with E-state index >= 15 is 0 Å². The number of rotatable bonds is 2. The minimum atomic E-state index is -0.975. The number of nitrogens with zero attached hydrogens (tertiary/aromatic N) is 1. The van der Waals surface area contributed by atoms with Crippen molar-refractivity contribution in [1.82, 2.24) is 4.98 Å². The van der Waals surface area contributed by atoms with E-state index < -0.39 is 5.97 Å². The van der Waals surface area contributed by atoms with Crippen molar-refractivity contribution in [1.29, 1.82) is 0 Å². The van der Waals surface area contributed by atoms with Crippen LogP contribution in [0.1, 0.15) is 21.6 Å². The minimum Gasteiger partial charge on any atom is -0.478 e. The lowest BCUT2D eigenvalue weighted by Gasteiger charge is -2.00. The van der Waals surface area contributed by atoms with Gasteiger partial charge in [0.1, 0.15) is 0 Å². The van der Waals surface area contributed by atoms with Gasteiger partial charge in [0, 0.05) is 11.9 Å². The first-order chi connectivity index (χ1) is 5.65. The highest BCUT2D eigenvalue weighted by atomic mass is 16.4. The van der Waals surface area contributed by atoms with E-state index in [0.717, 1.165) is 5.69 Å². The molecule has 0 aliphatic rings. The van der Waals surface area contributed by atoms with E-state index in [9.17, 15) is 4.79 Å². The highest BCUT2D eigenvalue weighted by molar-refractivity contribution is 5.91. The summed E-state index contributed by atoms with van der Waals surface area (Å²) in [4.78, 5) is 14.5. The Balaban J connectivity index is 3.29. The van der Waals surface area contributed by atoms with E-state index in [0.29, 0.717) is 5.56 Å². The first kappa shape index (κ1) is 8.46. The number of carboxylic acid groups (broad SMARTS) is 1. The van der Waals surface area contributed by atoms with Crippen molar-refractivity contribution in [2.75, 3.05) is 0 Å². The van der Waals surface area contributed by atoms with Crippen LogP contribution in [0.3, 0.4) is 0 Å². The molecule has 0 saturated carbocycles. The Morgan fingerprint density at radius 3 is 2.92 bits per heavy atom. The molecule has 1 N–H and O–H groups in total. The molecule has 0 fully saturated rings. The predicted molar refractivity (Wildman–Crippen MR) is 46.0 cm³/mol. The molecule has 1 aromatic heterocycles. The highest BCUT2D eigenvalue weighted by Gasteiger charge is 2.07. The number of aromatic nitrogens is 1. The Morgan fingerprint density at radius 1 is 1.75 bits per heavy atom. The van der Waals surface area contributed by atoms with E-state index in [1.807, 2.05) is 0 Å². The normalized spacial score (nSPS) is 9.42. The molecular weight excluding hydrogens is 154 g/mol. The summed E-state index contributed by atoms with van der Waals surface area (Å²) in [5, 5.41) is 8.70. The van der Waals surface area contributed by atoms with E-state index in [1.165, 1.54) is 12.3 Å². The Morgan fingerprint density at radius 2 is 2.42 bits per heavy atom. The van der Waals surface area contributed by atoms with Crippen molar-refractivity contribution in [3.63, 3.8) is 0 Å². The van der Waals surface area contributed by atoms with E-state index in [2.05, 4.69) is 11.6 Å². The van der Waals surface area contributed by atoms with Crippen LogP contribution in [0.25, 0.3) is 6.08 Å². The molecule has 0 atom stereocenters. The lowest BCUT2D eigenvalue weighted by atomic mass is 10.1. The number of aromatic carboxylic acids is 1. The monoisotopic (exact) mass is 163 g/mol. The third-order valence-corrected chi connectivity index (χ3v) is 1.52. The average Bonchev–Trinajstić information content (AvgIpc) is 2.03. The van der Waals surface area contributed by atoms with Gasteiger partial charge >= 0.3 is 5.97 Å². The van der Waals surface area contributed by atoms with Gasteiger partial charge in [0.2, 0.25) is 0 Å². The van der Waals surface area contributed by atoms with Gasteiger partial charge in [0.25, 0.3) is 0 Å². The summed E-state index contributed by atoms with van der Waals surface area (Å²) in [5.41, 5.74) is 1.58. The molecule has 1 heterocycles. The maximum atomic E-state index is 10.6. The highest BCUT2D eigenvalue weighted by Crippen LogP contribution is 2.10. The molecule has 12 heavy (non-hydrogen) atoms. The zero-order valence-electron chi connectivity index (χ0n) is 6.74. The molecule has 62 valence electrons. The lowest BCUT2D eigenvalue weighted by Crippen LogP contribution is -2.01. The second-order valence-electron chi connectivity index (χ2n) is 2.42. The number of aryl methyl sites for hydroxylation is 1. The molecule has 0 aromatic carbocycles. The third-order valence-electron chi connectivity index (χ3n) is 1.52. The van der Waals surface area contributed by atoms with Gasteiger partial charge in [-0.15, -0.1) is 0 Å². The second kappa shape index (κ2) is 3.17. The summed E-state index contributed by atoms with van der Waals surface area (Å²) < 4.78 is 0. The van der Waals surface area contributed by atoms with Crippen LogP contribution in [0.5, 0.6) is 0 Å². The van der Waals surface area contributed by atoms with Crippen LogP contribution >= 0.6 is 0 Å². The smallest absolute Gasteiger partial charge is 0.337 e. The van der Waals surface area contributed by atoms with Crippen LogP contribution < -0.4 is 0 Å². The summed E-state index contributed by atoms with van der Waals surface area (Å²) in [6.07, 6.45) is 2.85. The molecule has 0 spiro atoms. The van der Waals surface area contributed by atoms with Crippen molar-refractivity contribution >= 4 is 12.0 Å². The molecule has 1 rings (SSSR count). The zero-order chi connectivity index (χ0) is 9.14. The molecule has 0 unspecified atom stereocenters. The van der Waals surface area contributed by atoms with Crippen molar-refractivity contribution in [3.8, 4) is 0 Å². The first-order valence-electron chi connectivity index (χ1n) is 3.47. The Bertz CT molecular complexity index is 331. The molecule has 0 radical (unpaired) electrons. The van der Waals surface area contributed by atoms with Crippen molar-refractivity contribution < 1.29 is 9.90 Å². The molecule has 0 amide bonds. The Kier molecular flexibility index (Phi) is 2.24. The summed E-state index contributed by atoms with van der Waals surface area (Å²) >= 11 is 0. The fraction of sp³-hybridized carbons (Fsp3) is 0.111. The topological polar surface area (TPSA) is 50.2 Å². The van der Waals surface area contributed by atoms with Gasteiger partial charge in [-0.1, -0.05) is 12.7 Å². The number of pyridine rings is 1. The minimum absolute atomic E-state index is 0.190. The number of carbonyl (C=O) groups is 1. The Hall–Kier alpha value is -1.64. The van der Waals surface area contributed by atoms with Crippen LogP contribution in [0.2, 0.25) is 0 Å². The van der Waals surface area contributed by atoms with Gasteiger partial charge in [0.05, 0.1) is 5.56 Å². The van der Waals surface area contributed by atoms with Crippen LogP contribution in [0, 0.1) is 6.92 Å². The van der Waals surface area contributed by atoms with Crippen molar-refractivity contribution in [2.24, 2.45) is 0 Å². The zero-order valence-corrected chi connectivity index (χ0v) is 6.74. The van der Waals surface area contributed by atoms with E-state index in [-0.39, 0.29) is 5.56 Å². The van der Waals surface area contributed by atoms with Gasteiger partial charge < -0.3 is 5.11 Å². The van der Waals surface area contributed by atoms with Gasteiger partial charge in [-0.3, -0.25) is 4.98 Å². The second-order valence-corrected chi connectivity index (χ2v) is 2.42. The lowest BCUT2D eigenvalue weighted by molar-refractivity contribution is 0.0696. The molecule has 0 bridgehead atoms. The summed E-state index contributed by atoms with van der Waals surface area (Å²) in [7, 11) is 0. The van der Waals surface area contributed by atoms with Gasteiger partial charge in [0.15, 0.2) is 0 Å². The summed E-state index contributed by atoms with van der Waals surface area (Å²) in [6, 6.07) is 1.69. The predicted octanol–water partition coefficient (Wildman–Crippen LogP) is 1.73. The maximum absolute atomic E-state index is 10.6.